The first-order chi connectivity index (χ1) is 7.74. The van der Waals surface area contributed by atoms with Gasteiger partial charge in [0.25, 0.3) is 0 Å². The van der Waals surface area contributed by atoms with E-state index in [0.717, 1.165) is 29.8 Å². The molecule has 2 atom stereocenters. The van der Waals surface area contributed by atoms with Crippen molar-refractivity contribution in [2.75, 3.05) is 18.0 Å². The molecule has 1 aliphatic rings. The molecule has 16 heavy (non-hydrogen) atoms. The van der Waals surface area contributed by atoms with Crippen molar-refractivity contribution in [2.45, 2.75) is 39.2 Å². The second-order valence-electron chi connectivity index (χ2n) is 4.65. The van der Waals surface area contributed by atoms with Gasteiger partial charge in [0.2, 0.25) is 0 Å². The van der Waals surface area contributed by atoms with Crippen molar-refractivity contribution in [3.63, 3.8) is 0 Å². The molecule has 1 aliphatic heterocycles. The Labute approximate surface area is 102 Å². The van der Waals surface area contributed by atoms with Crippen LogP contribution in [-0.2, 0) is 0 Å². The summed E-state index contributed by atoms with van der Waals surface area (Å²) >= 11 is 1.74. The van der Waals surface area contributed by atoms with Gasteiger partial charge in [-0.1, -0.05) is 13.3 Å². The highest BCUT2D eigenvalue weighted by Gasteiger charge is 2.28. The summed E-state index contributed by atoms with van der Waals surface area (Å²) in [6.07, 6.45) is 3.79. The number of hydrogen-bond acceptors (Lipinski definition) is 4. The minimum absolute atomic E-state index is 0.490. The molecule has 0 aromatic carbocycles. The Balaban J connectivity index is 2.09. The smallest absolute Gasteiger partial charge is 0.185 e. The second-order valence-corrected chi connectivity index (χ2v) is 5.49. The van der Waals surface area contributed by atoms with E-state index in [2.05, 4.69) is 29.1 Å². The number of thiazole rings is 1. The van der Waals surface area contributed by atoms with Crippen LogP contribution in [0, 0.1) is 12.8 Å². The van der Waals surface area contributed by atoms with E-state index >= 15 is 0 Å². The van der Waals surface area contributed by atoms with Gasteiger partial charge in [-0.3, -0.25) is 0 Å². The molecule has 2 rings (SSSR count). The standard InChI is InChI=1S/C12H21N3S/c1-3-10-4-5-15(11(6-10)7-13)12-14-9(2)8-16-12/h8,10-11H,3-7,13H2,1-2H3. The van der Waals surface area contributed by atoms with Crippen LogP contribution in [0.25, 0.3) is 0 Å². The number of aryl methyl sites for hydroxylation is 1. The van der Waals surface area contributed by atoms with Gasteiger partial charge in [-0.2, -0.15) is 0 Å². The van der Waals surface area contributed by atoms with Crippen LogP contribution in [0.2, 0.25) is 0 Å². The van der Waals surface area contributed by atoms with Gasteiger partial charge >= 0.3 is 0 Å². The number of nitrogens with two attached hydrogens (primary N) is 1. The minimum Gasteiger partial charge on any atom is -0.344 e. The summed E-state index contributed by atoms with van der Waals surface area (Å²) in [6, 6.07) is 0.490. The van der Waals surface area contributed by atoms with E-state index < -0.39 is 0 Å². The van der Waals surface area contributed by atoms with Crippen LogP contribution in [0.1, 0.15) is 31.9 Å². The molecule has 0 radical (unpaired) electrons. The fraction of sp³-hybridized carbons (Fsp3) is 0.750. The molecule has 90 valence electrons. The van der Waals surface area contributed by atoms with Gasteiger partial charge in [0, 0.05) is 24.5 Å². The summed E-state index contributed by atoms with van der Waals surface area (Å²) in [5.74, 6) is 0.853. The Bertz CT molecular complexity index is 337. The first-order valence-corrected chi connectivity index (χ1v) is 7.01. The molecule has 0 bridgehead atoms. The van der Waals surface area contributed by atoms with Crippen LogP contribution in [0.4, 0.5) is 5.13 Å². The second kappa shape index (κ2) is 5.15. The largest absolute Gasteiger partial charge is 0.344 e. The Morgan fingerprint density at radius 1 is 1.62 bits per heavy atom. The van der Waals surface area contributed by atoms with Crippen molar-refractivity contribution >= 4 is 16.5 Å². The molecule has 1 aromatic rings. The number of anilines is 1. The molecule has 0 spiro atoms. The summed E-state index contributed by atoms with van der Waals surface area (Å²) in [6.45, 7) is 6.19. The maximum atomic E-state index is 5.89. The van der Waals surface area contributed by atoms with Gasteiger partial charge in [-0.25, -0.2) is 4.98 Å². The molecule has 2 N–H and O–H groups in total. The van der Waals surface area contributed by atoms with E-state index in [-0.39, 0.29) is 0 Å². The summed E-state index contributed by atoms with van der Waals surface area (Å²) < 4.78 is 0. The Hall–Kier alpha value is -0.610. The van der Waals surface area contributed by atoms with Crippen LogP contribution in [0.15, 0.2) is 5.38 Å². The molecule has 3 nitrogen and oxygen atoms in total. The SMILES string of the molecule is CCC1CCN(c2nc(C)cs2)C(CN)C1. The lowest BCUT2D eigenvalue weighted by atomic mass is 9.89. The molecule has 0 aliphatic carbocycles. The average Bonchev–Trinajstić information content (AvgIpc) is 2.74. The Kier molecular flexibility index (Phi) is 3.82. The lowest BCUT2D eigenvalue weighted by Crippen LogP contribution is -2.46. The Morgan fingerprint density at radius 3 is 3.00 bits per heavy atom. The molecule has 1 fully saturated rings. The molecule has 4 heteroatoms. The highest BCUT2D eigenvalue weighted by molar-refractivity contribution is 7.13. The summed E-state index contributed by atoms with van der Waals surface area (Å²) in [4.78, 5) is 6.98. The zero-order chi connectivity index (χ0) is 11.5. The van der Waals surface area contributed by atoms with Crippen LogP contribution in [0.3, 0.4) is 0 Å². The highest BCUT2D eigenvalue weighted by Crippen LogP contribution is 2.31. The number of piperidine rings is 1. The summed E-state index contributed by atoms with van der Waals surface area (Å²) in [7, 11) is 0. The third-order valence-electron chi connectivity index (χ3n) is 3.53. The van der Waals surface area contributed by atoms with Crippen LogP contribution >= 0.6 is 11.3 Å². The van der Waals surface area contributed by atoms with Gasteiger partial charge in [0.05, 0.1) is 5.69 Å². The molecule has 1 saturated heterocycles. The van der Waals surface area contributed by atoms with Crippen molar-refractivity contribution in [3.8, 4) is 0 Å². The van der Waals surface area contributed by atoms with E-state index in [0.29, 0.717) is 6.04 Å². The van der Waals surface area contributed by atoms with Crippen LogP contribution in [0.5, 0.6) is 0 Å². The van der Waals surface area contributed by atoms with Gasteiger partial charge in [0.15, 0.2) is 5.13 Å². The van der Waals surface area contributed by atoms with Crippen molar-refractivity contribution < 1.29 is 0 Å². The molecular formula is C12H21N3S. The maximum Gasteiger partial charge on any atom is 0.185 e. The van der Waals surface area contributed by atoms with E-state index in [1.807, 2.05) is 0 Å². The zero-order valence-corrected chi connectivity index (χ0v) is 11.0. The van der Waals surface area contributed by atoms with Crippen molar-refractivity contribution in [3.05, 3.63) is 11.1 Å². The van der Waals surface area contributed by atoms with E-state index in [4.69, 9.17) is 5.73 Å². The number of aromatic nitrogens is 1. The Morgan fingerprint density at radius 2 is 2.44 bits per heavy atom. The summed E-state index contributed by atoms with van der Waals surface area (Å²) in [5.41, 5.74) is 7.01. The number of rotatable bonds is 3. The first-order valence-electron chi connectivity index (χ1n) is 6.13. The molecule has 2 unspecified atom stereocenters. The highest BCUT2D eigenvalue weighted by atomic mass is 32.1. The average molecular weight is 239 g/mol. The normalized spacial score (nSPS) is 26.1. The van der Waals surface area contributed by atoms with Crippen LogP contribution < -0.4 is 10.6 Å². The summed E-state index contributed by atoms with van der Waals surface area (Å²) in [5, 5.41) is 3.27. The van der Waals surface area contributed by atoms with E-state index in [1.165, 1.54) is 19.3 Å². The molecule has 2 heterocycles. The fourth-order valence-corrected chi connectivity index (χ4v) is 3.35. The van der Waals surface area contributed by atoms with Crippen molar-refractivity contribution in [2.24, 2.45) is 11.7 Å². The number of hydrogen-bond donors (Lipinski definition) is 1. The lowest BCUT2D eigenvalue weighted by Gasteiger charge is -2.38. The van der Waals surface area contributed by atoms with E-state index in [9.17, 15) is 0 Å². The predicted molar refractivity (Wildman–Crippen MR) is 70.1 cm³/mol. The molecular weight excluding hydrogens is 218 g/mol. The maximum absolute atomic E-state index is 5.89. The lowest BCUT2D eigenvalue weighted by molar-refractivity contribution is 0.335. The fourth-order valence-electron chi connectivity index (χ4n) is 2.45. The molecule has 0 saturated carbocycles. The number of nitrogens with zero attached hydrogens (tertiary/aromatic N) is 2. The monoisotopic (exact) mass is 239 g/mol. The third kappa shape index (κ3) is 2.38. The van der Waals surface area contributed by atoms with Crippen molar-refractivity contribution in [1.29, 1.82) is 0 Å². The molecule has 0 amide bonds. The van der Waals surface area contributed by atoms with Gasteiger partial charge in [-0.15, -0.1) is 11.3 Å². The first kappa shape index (κ1) is 11.9. The zero-order valence-electron chi connectivity index (χ0n) is 10.1. The third-order valence-corrected chi connectivity index (χ3v) is 4.52. The predicted octanol–water partition coefficient (Wildman–Crippen LogP) is 2.41. The molecule has 1 aromatic heterocycles. The van der Waals surface area contributed by atoms with Crippen LogP contribution in [-0.4, -0.2) is 24.1 Å². The van der Waals surface area contributed by atoms with E-state index in [1.54, 1.807) is 11.3 Å². The topological polar surface area (TPSA) is 42.2 Å². The van der Waals surface area contributed by atoms with Gasteiger partial charge in [-0.05, 0) is 25.7 Å². The quantitative estimate of drug-likeness (QED) is 0.880. The van der Waals surface area contributed by atoms with Gasteiger partial charge in [0.1, 0.15) is 0 Å². The minimum atomic E-state index is 0.490. The van der Waals surface area contributed by atoms with Gasteiger partial charge < -0.3 is 10.6 Å². The van der Waals surface area contributed by atoms with Crippen molar-refractivity contribution in [1.82, 2.24) is 4.98 Å².